The van der Waals surface area contributed by atoms with Gasteiger partial charge in [-0.1, -0.05) is 12.1 Å². The molecule has 4 rings (SSSR count). The third-order valence-electron chi connectivity index (χ3n) is 5.01. The first-order valence-electron chi connectivity index (χ1n) is 8.84. The molecule has 3 aromatic rings. The van der Waals surface area contributed by atoms with Gasteiger partial charge in [0, 0.05) is 30.4 Å². The smallest absolute Gasteiger partial charge is 0.253 e. The van der Waals surface area contributed by atoms with Crippen LogP contribution in [0.4, 0.5) is 4.39 Å². The third-order valence-corrected chi connectivity index (χ3v) is 5.01. The molecule has 6 nitrogen and oxygen atoms in total. The fourth-order valence-electron chi connectivity index (χ4n) is 3.53. The largest absolute Gasteiger partial charge is 0.369 e. The number of aromatic nitrogens is 2. The molecule has 1 saturated heterocycles. The van der Waals surface area contributed by atoms with Gasteiger partial charge in [-0.15, -0.1) is 0 Å². The Morgan fingerprint density at radius 1 is 1.15 bits per heavy atom. The SMILES string of the molecule is NC(=O)C1CCCN(C(=O)c2ccc(-c3cnc4ccc(F)cn34)cc2)C1. The summed E-state index contributed by atoms with van der Waals surface area (Å²) in [4.78, 5) is 30.1. The van der Waals surface area contributed by atoms with E-state index in [4.69, 9.17) is 5.73 Å². The quantitative estimate of drug-likeness (QED) is 0.773. The molecule has 1 aliphatic heterocycles. The summed E-state index contributed by atoms with van der Waals surface area (Å²) >= 11 is 0. The molecule has 138 valence electrons. The van der Waals surface area contributed by atoms with Crippen LogP contribution in [-0.4, -0.2) is 39.2 Å². The van der Waals surface area contributed by atoms with Gasteiger partial charge in [0.15, 0.2) is 0 Å². The molecule has 0 aliphatic carbocycles. The molecule has 2 N–H and O–H groups in total. The minimum atomic E-state index is -0.359. The number of nitrogens with zero attached hydrogens (tertiary/aromatic N) is 3. The lowest BCUT2D eigenvalue weighted by Gasteiger charge is -2.31. The van der Waals surface area contributed by atoms with Crippen molar-refractivity contribution in [2.24, 2.45) is 11.7 Å². The van der Waals surface area contributed by atoms with Crippen LogP contribution in [0.5, 0.6) is 0 Å². The number of imidazole rings is 1. The van der Waals surface area contributed by atoms with Crippen LogP contribution in [0.2, 0.25) is 0 Å². The molecule has 2 amide bonds. The molecule has 7 heteroatoms. The number of nitrogens with two attached hydrogens (primary N) is 1. The Morgan fingerprint density at radius 3 is 2.67 bits per heavy atom. The van der Waals surface area contributed by atoms with Crippen molar-refractivity contribution in [2.45, 2.75) is 12.8 Å². The van der Waals surface area contributed by atoms with Gasteiger partial charge in [-0.2, -0.15) is 0 Å². The van der Waals surface area contributed by atoms with E-state index in [1.807, 2.05) is 12.1 Å². The highest BCUT2D eigenvalue weighted by Gasteiger charge is 2.27. The van der Waals surface area contributed by atoms with Crippen LogP contribution >= 0.6 is 0 Å². The summed E-state index contributed by atoms with van der Waals surface area (Å²) in [7, 11) is 0. The molecule has 1 fully saturated rings. The van der Waals surface area contributed by atoms with Crippen LogP contribution in [0.25, 0.3) is 16.9 Å². The predicted octanol–water partition coefficient (Wildman–Crippen LogP) is 2.48. The fourth-order valence-corrected chi connectivity index (χ4v) is 3.53. The average Bonchev–Trinajstić information content (AvgIpc) is 3.10. The Balaban J connectivity index is 1.57. The number of fused-ring (bicyclic) bond motifs is 1. The van der Waals surface area contributed by atoms with Gasteiger partial charge in [-0.05, 0) is 37.1 Å². The highest BCUT2D eigenvalue weighted by Crippen LogP contribution is 2.23. The molecule has 0 bridgehead atoms. The molecule has 1 atom stereocenters. The normalized spacial score (nSPS) is 17.2. The topological polar surface area (TPSA) is 80.7 Å². The maximum atomic E-state index is 13.5. The van der Waals surface area contributed by atoms with E-state index in [9.17, 15) is 14.0 Å². The molecule has 1 aromatic carbocycles. The number of halogens is 1. The van der Waals surface area contributed by atoms with Crippen LogP contribution in [-0.2, 0) is 4.79 Å². The summed E-state index contributed by atoms with van der Waals surface area (Å²) in [6, 6.07) is 10.1. The van der Waals surface area contributed by atoms with Crippen LogP contribution in [0.1, 0.15) is 23.2 Å². The standard InChI is InChI=1S/C20H19FN4O2/c21-16-7-8-18-23-10-17(25(18)12-16)13-3-5-14(6-4-13)20(27)24-9-1-2-15(11-24)19(22)26/h3-8,10,12,15H,1-2,9,11H2,(H2,22,26). The summed E-state index contributed by atoms with van der Waals surface area (Å²) in [6.07, 6.45) is 4.55. The summed E-state index contributed by atoms with van der Waals surface area (Å²) in [5, 5.41) is 0. The van der Waals surface area contributed by atoms with Gasteiger partial charge in [0.25, 0.3) is 5.91 Å². The highest BCUT2D eigenvalue weighted by atomic mass is 19.1. The Labute approximate surface area is 155 Å². The molecular weight excluding hydrogens is 347 g/mol. The molecule has 0 saturated carbocycles. The number of primary amides is 1. The van der Waals surface area contributed by atoms with Crippen molar-refractivity contribution in [2.75, 3.05) is 13.1 Å². The Hall–Kier alpha value is -3.22. The van der Waals surface area contributed by atoms with E-state index in [1.54, 1.807) is 33.7 Å². The van der Waals surface area contributed by atoms with Gasteiger partial charge >= 0.3 is 0 Å². The number of carbonyl (C=O) groups excluding carboxylic acids is 2. The summed E-state index contributed by atoms with van der Waals surface area (Å²) < 4.78 is 15.2. The maximum absolute atomic E-state index is 13.5. The number of likely N-dealkylation sites (tertiary alicyclic amines) is 1. The molecule has 0 radical (unpaired) electrons. The summed E-state index contributed by atoms with van der Waals surface area (Å²) in [6.45, 7) is 0.985. The van der Waals surface area contributed by atoms with Crippen molar-refractivity contribution in [3.05, 3.63) is 60.2 Å². The summed E-state index contributed by atoms with van der Waals surface area (Å²) in [5.41, 5.74) is 8.16. The number of carbonyl (C=O) groups is 2. The van der Waals surface area contributed by atoms with Gasteiger partial charge in [0.05, 0.1) is 17.8 Å². The van der Waals surface area contributed by atoms with Crippen molar-refractivity contribution in [3.63, 3.8) is 0 Å². The second-order valence-electron chi connectivity index (χ2n) is 6.79. The van der Waals surface area contributed by atoms with E-state index < -0.39 is 0 Å². The first kappa shape index (κ1) is 17.2. The van der Waals surface area contributed by atoms with E-state index in [0.29, 0.717) is 24.3 Å². The van der Waals surface area contributed by atoms with E-state index in [1.165, 1.54) is 12.3 Å². The van der Waals surface area contributed by atoms with Gasteiger partial charge < -0.3 is 10.6 Å². The first-order valence-corrected chi connectivity index (χ1v) is 8.84. The Bertz CT molecular complexity index is 1010. The molecule has 0 spiro atoms. The molecule has 27 heavy (non-hydrogen) atoms. The van der Waals surface area contributed by atoms with Crippen molar-refractivity contribution >= 4 is 17.5 Å². The van der Waals surface area contributed by atoms with Gasteiger partial charge in [0.1, 0.15) is 11.5 Å². The average molecular weight is 366 g/mol. The van der Waals surface area contributed by atoms with E-state index in [-0.39, 0.29) is 23.5 Å². The second-order valence-corrected chi connectivity index (χ2v) is 6.79. The lowest BCUT2D eigenvalue weighted by Crippen LogP contribution is -2.44. The van der Waals surface area contributed by atoms with Crippen LogP contribution < -0.4 is 5.73 Å². The van der Waals surface area contributed by atoms with E-state index in [0.717, 1.165) is 24.1 Å². The zero-order valence-corrected chi connectivity index (χ0v) is 14.6. The molecule has 3 heterocycles. The Kier molecular flexibility index (Phi) is 4.35. The zero-order valence-electron chi connectivity index (χ0n) is 14.6. The van der Waals surface area contributed by atoms with Crippen LogP contribution in [0, 0.1) is 11.7 Å². The molecule has 2 aromatic heterocycles. The number of rotatable bonds is 3. The molecular formula is C20H19FN4O2. The number of hydrogen-bond acceptors (Lipinski definition) is 3. The fraction of sp³-hybridized carbons (Fsp3) is 0.250. The van der Waals surface area contributed by atoms with E-state index in [2.05, 4.69) is 4.98 Å². The summed E-state index contributed by atoms with van der Waals surface area (Å²) in [5.74, 6) is -1.10. The van der Waals surface area contributed by atoms with Crippen LogP contribution in [0.15, 0.2) is 48.8 Å². The number of hydrogen-bond donors (Lipinski definition) is 1. The maximum Gasteiger partial charge on any atom is 0.253 e. The zero-order chi connectivity index (χ0) is 19.0. The van der Waals surface area contributed by atoms with Crippen molar-refractivity contribution in [3.8, 4) is 11.3 Å². The number of piperidine rings is 1. The lowest BCUT2D eigenvalue weighted by atomic mass is 9.96. The van der Waals surface area contributed by atoms with E-state index >= 15 is 0 Å². The molecule has 1 aliphatic rings. The van der Waals surface area contributed by atoms with Gasteiger partial charge in [-0.3, -0.25) is 14.0 Å². The monoisotopic (exact) mass is 366 g/mol. The molecule has 1 unspecified atom stereocenters. The number of amides is 2. The third kappa shape index (κ3) is 3.28. The number of pyridine rings is 1. The number of benzene rings is 1. The van der Waals surface area contributed by atoms with Crippen molar-refractivity contribution in [1.82, 2.24) is 14.3 Å². The highest BCUT2D eigenvalue weighted by molar-refractivity contribution is 5.95. The van der Waals surface area contributed by atoms with Crippen LogP contribution in [0.3, 0.4) is 0 Å². The lowest BCUT2D eigenvalue weighted by molar-refractivity contribution is -0.123. The second kappa shape index (κ2) is 6.83. The minimum absolute atomic E-state index is 0.114. The predicted molar refractivity (Wildman–Crippen MR) is 98.4 cm³/mol. The minimum Gasteiger partial charge on any atom is -0.369 e. The van der Waals surface area contributed by atoms with Gasteiger partial charge in [-0.25, -0.2) is 9.37 Å². The van der Waals surface area contributed by atoms with Gasteiger partial charge in [0.2, 0.25) is 5.91 Å². The Morgan fingerprint density at radius 2 is 1.93 bits per heavy atom. The van der Waals surface area contributed by atoms with Crippen molar-refractivity contribution in [1.29, 1.82) is 0 Å². The van der Waals surface area contributed by atoms with Crippen molar-refractivity contribution < 1.29 is 14.0 Å². The first-order chi connectivity index (χ1) is 13.0.